The Morgan fingerprint density at radius 2 is 1.75 bits per heavy atom. The first-order valence-electron chi connectivity index (χ1n) is 5.22. The summed E-state index contributed by atoms with van der Waals surface area (Å²) in [6.45, 7) is 5.43. The molecule has 1 unspecified atom stereocenters. The minimum absolute atomic E-state index is 0. The van der Waals surface area contributed by atoms with Crippen LogP contribution in [0.15, 0.2) is 30.3 Å². The zero-order chi connectivity index (χ0) is 11.3. The second-order valence-corrected chi connectivity index (χ2v) is 3.37. The molecule has 0 aliphatic carbocycles. The highest BCUT2D eigenvalue weighted by atomic mass is 35.5. The predicted octanol–water partition coefficient (Wildman–Crippen LogP) is 2.58. The van der Waals surface area contributed by atoms with E-state index in [1.165, 1.54) is 0 Å². The van der Waals surface area contributed by atoms with Crippen LogP contribution in [-0.2, 0) is 4.79 Å². The summed E-state index contributed by atoms with van der Waals surface area (Å²) in [7, 11) is 0. The number of nitrogens with zero attached hydrogens (tertiary/aromatic N) is 1. The van der Waals surface area contributed by atoms with E-state index in [4.69, 9.17) is 0 Å². The number of carboxylic acids is 1. The monoisotopic (exact) mass is 243 g/mol. The molecule has 16 heavy (non-hydrogen) atoms. The average Bonchev–Trinajstić information content (AvgIpc) is 2.26. The van der Waals surface area contributed by atoms with Crippen LogP contribution in [0.2, 0.25) is 0 Å². The number of hydrogen-bond acceptors (Lipinski definition) is 2. The molecule has 1 N–H and O–H groups in total. The van der Waals surface area contributed by atoms with Gasteiger partial charge < -0.3 is 5.11 Å². The number of benzene rings is 1. The minimum atomic E-state index is -0.787. The third-order valence-electron chi connectivity index (χ3n) is 2.53. The molecule has 0 saturated carbocycles. The Bertz CT molecular complexity index is 312. The Balaban J connectivity index is 0.00000225. The van der Waals surface area contributed by atoms with Gasteiger partial charge in [-0.15, -0.1) is 12.4 Å². The molecule has 0 spiro atoms. The SMILES string of the molecule is CCN(CC)C(C(=O)O)c1ccccc1.Cl. The third kappa shape index (κ3) is 3.51. The van der Waals surface area contributed by atoms with Crippen LogP contribution in [0.3, 0.4) is 0 Å². The van der Waals surface area contributed by atoms with Gasteiger partial charge in [0.05, 0.1) is 0 Å². The molecule has 3 nitrogen and oxygen atoms in total. The lowest BCUT2D eigenvalue weighted by Gasteiger charge is -2.26. The topological polar surface area (TPSA) is 40.5 Å². The zero-order valence-corrected chi connectivity index (χ0v) is 10.4. The largest absolute Gasteiger partial charge is 0.480 e. The molecule has 1 rings (SSSR count). The molecule has 90 valence electrons. The van der Waals surface area contributed by atoms with Gasteiger partial charge in [0.25, 0.3) is 0 Å². The molecule has 4 heteroatoms. The summed E-state index contributed by atoms with van der Waals surface area (Å²) in [5.41, 5.74) is 0.841. The lowest BCUT2D eigenvalue weighted by atomic mass is 10.1. The summed E-state index contributed by atoms with van der Waals surface area (Å²) in [4.78, 5) is 13.1. The standard InChI is InChI=1S/C12H17NO2.ClH/c1-3-13(4-2)11(12(14)15)10-8-6-5-7-9-10;/h5-9,11H,3-4H2,1-2H3,(H,14,15);1H. The molecular formula is C12H18ClNO2. The van der Waals surface area contributed by atoms with Gasteiger partial charge in [-0.3, -0.25) is 9.69 Å². The van der Waals surface area contributed by atoms with Crippen LogP contribution < -0.4 is 0 Å². The number of likely N-dealkylation sites (N-methyl/N-ethyl adjacent to an activating group) is 1. The van der Waals surface area contributed by atoms with E-state index in [1.54, 1.807) is 0 Å². The van der Waals surface area contributed by atoms with E-state index in [0.717, 1.165) is 18.7 Å². The smallest absolute Gasteiger partial charge is 0.325 e. The van der Waals surface area contributed by atoms with Crippen molar-refractivity contribution in [2.24, 2.45) is 0 Å². The fraction of sp³-hybridized carbons (Fsp3) is 0.417. The summed E-state index contributed by atoms with van der Waals surface area (Å²) in [6, 6.07) is 8.82. The number of carboxylic acid groups (broad SMARTS) is 1. The van der Waals surface area contributed by atoms with Gasteiger partial charge in [0.1, 0.15) is 6.04 Å². The molecule has 0 saturated heterocycles. The summed E-state index contributed by atoms with van der Waals surface area (Å²) in [5, 5.41) is 9.22. The van der Waals surface area contributed by atoms with Crippen molar-refractivity contribution in [3.63, 3.8) is 0 Å². The van der Waals surface area contributed by atoms with Crippen LogP contribution in [-0.4, -0.2) is 29.1 Å². The molecule has 0 aromatic heterocycles. The van der Waals surface area contributed by atoms with Crippen molar-refractivity contribution in [3.8, 4) is 0 Å². The fourth-order valence-electron chi connectivity index (χ4n) is 1.73. The van der Waals surface area contributed by atoms with E-state index in [9.17, 15) is 9.90 Å². The first kappa shape index (κ1) is 14.9. The summed E-state index contributed by atoms with van der Waals surface area (Å²) < 4.78 is 0. The number of rotatable bonds is 5. The van der Waals surface area contributed by atoms with Gasteiger partial charge in [-0.25, -0.2) is 0 Å². The number of aliphatic carboxylic acids is 1. The molecule has 0 amide bonds. The Morgan fingerprint density at radius 3 is 2.12 bits per heavy atom. The molecule has 0 radical (unpaired) electrons. The molecule has 0 heterocycles. The third-order valence-corrected chi connectivity index (χ3v) is 2.53. The molecule has 0 fully saturated rings. The summed E-state index contributed by atoms with van der Waals surface area (Å²) in [5.74, 6) is -0.787. The van der Waals surface area contributed by atoms with Gasteiger partial charge in [0, 0.05) is 0 Å². The van der Waals surface area contributed by atoms with Crippen LogP contribution in [0.1, 0.15) is 25.5 Å². The molecule has 1 aromatic carbocycles. The average molecular weight is 244 g/mol. The molecule has 0 bridgehead atoms. The summed E-state index contributed by atoms with van der Waals surface area (Å²) >= 11 is 0. The lowest BCUT2D eigenvalue weighted by molar-refractivity contribution is -0.143. The van der Waals surface area contributed by atoms with E-state index < -0.39 is 12.0 Å². The fourth-order valence-corrected chi connectivity index (χ4v) is 1.73. The van der Waals surface area contributed by atoms with Gasteiger partial charge in [0.15, 0.2) is 0 Å². The number of hydrogen-bond donors (Lipinski definition) is 1. The van der Waals surface area contributed by atoms with Gasteiger partial charge in [0.2, 0.25) is 0 Å². The Hall–Kier alpha value is -1.06. The maximum Gasteiger partial charge on any atom is 0.325 e. The quantitative estimate of drug-likeness (QED) is 0.864. The molecule has 1 aromatic rings. The van der Waals surface area contributed by atoms with Crippen LogP contribution in [0.4, 0.5) is 0 Å². The molecule has 0 aliphatic heterocycles. The normalized spacial score (nSPS) is 11.9. The van der Waals surface area contributed by atoms with Crippen molar-refractivity contribution in [1.29, 1.82) is 0 Å². The first-order valence-corrected chi connectivity index (χ1v) is 5.22. The minimum Gasteiger partial charge on any atom is -0.480 e. The van der Waals surface area contributed by atoms with Crippen molar-refractivity contribution in [3.05, 3.63) is 35.9 Å². The maximum atomic E-state index is 11.2. The highest BCUT2D eigenvalue weighted by Crippen LogP contribution is 2.20. The molecule has 0 aliphatic rings. The second-order valence-electron chi connectivity index (χ2n) is 3.37. The van der Waals surface area contributed by atoms with E-state index in [2.05, 4.69) is 0 Å². The van der Waals surface area contributed by atoms with Crippen LogP contribution in [0, 0.1) is 0 Å². The van der Waals surface area contributed by atoms with Crippen molar-refractivity contribution in [1.82, 2.24) is 4.90 Å². The van der Waals surface area contributed by atoms with Crippen molar-refractivity contribution < 1.29 is 9.90 Å². The molecule has 1 atom stereocenters. The Labute approximate surface area is 102 Å². The highest BCUT2D eigenvalue weighted by molar-refractivity contribution is 5.85. The maximum absolute atomic E-state index is 11.2. The van der Waals surface area contributed by atoms with Gasteiger partial charge in [-0.1, -0.05) is 44.2 Å². The summed E-state index contributed by atoms with van der Waals surface area (Å²) in [6.07, 6.45) is 0. The van der Waals surface area contributed by atoms with E-state index in [-0.39, 0.29) is 12.4 Å². The van der Waals surface area contributed by atoms with Crippen molar-refractivity contribution in [2.75, 3.05) is 13.1 Å². The van der Waals surface area contributed by atoms with Crippen molar-refractivity contribution >= 4 is 18.4 Å². The van der Waals surface area contributed by atoms with Gasteiger partial charge >= 0.3 is 5.97 Å². The predicted molar refractivity (Wildman–Crippen MR) is 67.0 cm³/mol. The zero-order valence-electron chi connectivity index (χ0n) is 9.59. The Kier molecular flexibility index (Phi) is 6.77. The van der Waals surface area contributed by atoms with Crippen LogP contribution in [0.5, 0.6) is 0 Å². The van der Waals surface area contributed by atoms with E-state index in [1.807, 2.05) is 49.1 Å². The highest BCUT2D eigenvalue weighted by Gasteiger charge is 2.24. The lowest BCUT2D eigenvalue weighted by Crippen LogP contribution is -2.33. The van der Waals surface area contributed by atoms with Crippen LogP contribution >= 0.6 is 12.4 Å². The van der Waals surface area contributed by atoms with Gasteiger partial charge in [-0.2, -0.15) is 0 Å². The Morgan fingerprint density at radius 1 is 1.25 bits per heavy atom. The van der Waals surface area contributed by atoms with E-state index >= 15 is 0 Å². The van der Waals surface area contributed by atoms with Crippen LogP contribution in [0.25, 0.3) is 0 Å². The van der Waals surface area contributed by atoms with E-state index in [0.29, 0.717) is 0 Å². The number of halogens is 1. The van der Waals surface area contributed by atoms with Crippen molar-refractivity contribution in [2.45, 2.75) is 19.9 Å². The van der Waals surface area contributed by atoms with Gasteiger partial charge in [-0.05, 0) is 18.7 Å². The number of carbonyl (C=O) groups is 1. The second kappa shape index (κ2) is 7.25. The first-order chi connectivity index (χ1) is 7.20. The molecular weight excluding hydrogens is 226 g/mol.